The van der Waals surface area contributed by atoms with Gasteiger partial charge in [0.25, 0.3) is 0 Å². The highest BCUT2D eigenvalue weighted by molar-refractivity contribution is 7.09. The van der Waals surface area contributed by atoms with Crippen LogP contribution in [0, 0.1) is 6.92 Å². The molecule has 0 aromatic carbocycles. The molecule has 2 aromatic rings. The van der Waals surface area contributed by atoms with Crippen molar-refractivity contribution in [2.45, 2.75) is 13.5 Å². The average Bonchev–Trinajstić information content (AvgIpc) is 2.80. The Balaban J connectivity index is 2.34. The van der Waals surface area contributed by atoms with Gasteiger partial charge in [-0.15, -0.1) is 11.3 Å². The molecule has 4 nitrogen and oxygen atoms in total. The van der Waals surface area contributed by atoms with Gasteiger partial charge in [0.15, 0.2) is 6.29 Å². The Morgan fingerprint density at radius 2 is 2.28 bits per heavy atom. The Morgan fingerprint density at radius 1 is 1.50 bits per heavy atom. The van der Waals surface area contributed by atoms with Crippen molar-refractivity contribution in [3.05, 3.63) is 38.9 Å². The van der Waals surface area contributed by atoms with Crippen molar-refractivity contribution < 1.29 is 4.79 Å². The van der Waals surface area contributed by atoms with Crippen LogP contribution in [0.2, 0.25) is 5.15 Å². The number of carbonyl (C=O) groups excluding carboxylic acids is 1. The topological polar surface area (TPSA) is 46.1 Å². The predicted molar refractivity (Wildman–Crippen MR) is 73.6 cm³/mol. The van der Waals surface area contributed by atoms with Gasteiger partial charge in [0, 0.05) is 11.9 Å². The van der Waals surface area contributed by atoms with Gasteiger partial charge < -0.3 is 4.90 Å². The van der Waals surface area contributed by atoms with Crippen molar-refractivity contribution in [3.63, 3.8) is 0 Å². The lowest BCUT2D eigenvalue weighted by molar-refractivity contribution is 0.112. The minimum Gasteiger partial charge on any atom is -0.354 e. The van der Waals surface area contributed by atoms with Gasteiger partial charge in [0.05, 0.1) is 12.1 Å². The summed E-state index contributed by atoms with van der Waals surface area (Å²) in [5, 5.41) is 2.22. The fraction of sp³-hybridized carbons (Fsp3) is 0.250. The molecule has 0 fully saturated rings. The van der Waals surface area contributed by atoms with Gasteiger partial charge in [-0.05, 0) is 18.4 Å². The summed E-state index contributed by atoms with van der Waals surface area (Å²) in [7, 11) is 1.88. The second-order valence-electron chi connectivity index (χ2n) is 3.85. The Labute approximate surface area is 114 Å². The van der Waals surface area contributed by atoms with Gasteiger partial charge in [0.2, 0.25) is 0 Å². The number of rotatable bonds is 4. The molecule has 0 N–H and O–H groups in total. The minimum absolute atomic E-state index is 0.200. The van der Waals surface area contributed by atoms with Crippen LogP contribution in [0.5, 0.6) is 0 Å². The van der Waals surface area contributed by atoms with E-state index < -0.39 is 0 Å². The van der Waals surface area contributed by atoms with E-state index in [1.807, 2.05) is 29.5 Å². The molecule has 2 heterocycles. The summed E-state index contributed by atoms with van der Waals surface area (Å²) in [6.45, 7) is 2.44. The number of thiophene rings is 1. The summed E-state index contributed by atoms with van der Waals surface area (Å²) >= 11 is 7.62. The number of carbonyl (C=O) groups is 1. The van der Waals surface area contributed by atoms with Crippen LogP contribution < -0.4 is 4.90 Å². The number of aryl methyl sites for hydroxylation is 1. The monoisotopic (exact) mass is 281 g/mol. The third-order valence-corrected chi connectivity index (χ3v) is 3.59. The molecule has 0 radical (unpaired) electrons. The van der Waals surface area contributed by atoms with Crippen LogP contribution in [0.4, 0.5) is 5.82 Å². The molecule has 0 aliphatic rings. The average molecular weight is 282 g/mol. The van der Waals surface area contributed by atoms with Crippen LogP contribution in [0.3, 0.4) is 0 Å². The maximum absolute atomic E-state index is 11.1. The van der Waals surface area contributed by atoms with Gasteiger partial charge in [-0.3, -0.25) is 4.79 Å². The lowest BCUT2D eigenvalue weighted by Crippen LogP contribution is -2.20. The van der Waals surface area contributed by atoms with Gasteiger partial charge in [-0.1, -0.05) is 17.7 Å². The summed E-state index contributed by atoms with van der Waals surface area (Å²) in [6.07, 6.45) is 0.696. The largest absolute Gasteiger partial charge is 0.354 e. The highest BCUT2D eigenvalue weighted by atomic mass is 35.5. The molecule has 0 bridgehead atoms. The van der Waals surface area contributed by atoms with Crippen molar-refractivity contribution in [1.82, 2.24) is 9.97 Å². The van der Waals surface area contributed by atoms with Gasteiger partial charge in [-0.2, -0.15) is 0 Å². The van der Waals surface area contributed by atoms with Crippen LogP contribution in [0.1, 0.15) is 21.1 Å². The molecule has 0 aliphatic heterocycles. The molecule has 0 spiro atoms. The number of hydrogen-bond acceptors (Lipinski definition) is 5. The zero-order chi connectivity index (χ0) is 13.1. The highest BCUT2D eigenvalue weighted by Crippen LogP contribution is 2.24. The van der Waals surface area contributed by atoms with Crippen LogP contribution in [-0.4, -0.2) is 23.3 Å². The Morgan fingerprint density at radius 3 is 2.89 bits per heavy atom. The van der Waals surface area contributed by atoms with Crippen molar-refractivity contribution in [1.29, 1.82) is 0 Å². The van der Waals surface area contributed by atoms with E-state index in [-0.39, 0.29) is 5.15 Å². The summed E-state index contributed by atoms with van der Waals surface area (Å²) in [6, 6.07) is 4.03. The summed E-state index contributed by atoms with van der Waals surface area (Å²) in [5.41, 5.74) is 0.335. The molecular weight excluding hydrogens is 270 g/mol. The zero-order valence-corrected chi connectivity index (χ0v) is 11.6. The highest BCUT2D eigenvalue weighted by Gasteiger charge is 2.15. The molecule has 18 heavy (non-hydrogen) atoms. The van der Waals surface area contributed by atoms with Gasteiger partial charge >= 0.3 is 0 Å². The molecule has 0 amide bonds. The number of aromatic nitrogens is 2. The summed E-state index contributed by atoms with van der Waals surface area (Å²) in [5.74, 6) is 1.12. The Hall–Kier alpha value is -1.46. The molecule has 0 saturated carbocycles. The summed E-state index contributed by atoms with van der Waals surface area (Å²) in [4.78, 5) is 22.4. The molecule has 94 valence electrons. The van der Waals surface area contributed by atoms with Crippen molar-refractivity contribution in [2.75, 3.05) is 11.9 Å². The van der Waals surface area contributed by atoms with E-state index in [0.717, 1.165) is 0 Å². The third kappa shape index (κ3) is 2.68. The molecule has 0 unspecified atom stereocenters. The number of hydrogen-bond donors (Lipinski definition) is 0. The fourth-order valence-corrected chi connectivity index (χ4v) is 2.65. The van der Waals surface area contributed by atoms with E-state index in [1.54, 1.807) is 18.3 Å². The summed E-state index contributed by atoms with van der Waals surface area (Å²) < 4.78 is 0. The molecular formula is C12H12ClN3OS. The third-order valence-electron chi connectivity index (χ3n) is 2.44. The van der Waals surface area contributed by atoms with Crippen molar-refractivity contribution in [3.8, 4) is 0 Å². The Bertz CT molecular complexity index is 557. The van der Waals surface area contributed by atoms with E-state index in [9.17, 15) is 4.79 Å². The zero-order valence-electron chi connectivity index (χ0n) is 10.1. The van der Waals surface area contributed by atoms with Crippen molar-refractivity contribution in [2.24, 2.45) is 0 Å². The first-order valence-corrected chi connectivity index (χ1v) is 6.60. The molecule has 2 aromatic heterocycles. The minimum atomic E-state index is 0.200. The van der Waals surface area contributed by atoms with Crippen molar-refractivity contribution >= 4 is 35.0 Å². The lowest BCUT2D eigenvalue weighted by atomic mass is 10.3. The van der Waals surface area contributed by atoms with Crippen LogP contribution in [0.25, 0.3) is 0 Å². The maximum atomic E-state index is 11.1. The van der Waals surface area contributed by atoms with Crippen LogP contribution in [-0.2, 0) is 6.54 Å². The maximum Gasteiger partial charge on any atom is 0.156 e. The molecule has 0 saturated heterocycles. The smallest absolute Gasteiger partial charge is 0.156 e. The van der Waals surface area contributed by atoms with Gasteiger partial charge in [-0.25, -0.2) is 9.97 Å². The first kappa shape index (κ1) is 13.0. The van der Waals surface area contributed by atoms with E-state index >= 15 is 0 Å². The number of halogens is 1. The van der Waals surface area contributed by atoms with E-state index in [0.29, 0.717) is 30.0 Å². The molecule has 2 rings (SSSR count). The lowest BCUT2D eigenvalue weighted by Gasteiger charge is -2.19. The van der Waals surface area contributed by atoms with E-state index in [4.69, 9.17) is 11.6 Å². The van der Waals surface area contributed by atoms with E-state index in [1.165, 1.54) is 4.88 Å². The molecule has 6 heteroatoms. The second-order valence-corrected chi connectivity index (χ2v) is 5.24. The Kier molecular flexibility index (Phi) is 3.93. The number of anilines is 1. The van der Waals surface area contributed by atoms with Crippen LogP contribution >= 0.6 is 22.9 Å². The predicted octanol–water partition coefficient (Wildman–Crippen LogP) is 2.95. The van der Waals surface area contributed by atoms with Crippen LogP contribution in [0.15, 0.2) is 17.5 Å². The number of aldehydes is 1. The first-order chi connectivity index (χ1) is 8.61. The first-order valence-electron chi connectivity index (χ1n) is 5.34. The number of nitrogens with zero attached hydrogens (tertiary/aromatic N) is 3. The fourth-order valence-electron chi connectivity index (χ4n) is 1.64. The normalized spacial score (nSPS) is 10.4. The van der Waals surface area contributed by atoms with Gasteiger partial charge in [0.1, 0.15) is 16.8 Å². The SMILES string of the molecule is Cc1nc(Cl)c(C=O)c(N(C)Cc2cccs2)n1. The second kappa shape index (κ2) is 5.46. The standard InChI is InChI=1S/C12H12ClN3OS/c1-8-14-11(13)10(7-17)12(15-8)16(2)6-9-4-3-5-18-9/h3-5,7H,6H2,1-2H3. The van der Waals surface area contributed by atoms with E-state index in [2.05, 4.69) is 9.97 Å². The quantitative estimate of drug-likeness (QED) is 0.638. The molecule has 0 atom stereocenters. The molecule has 0 aliphatic carbocycles.